The molecular formula is C21H16N6O. The van der Waals surface area contributed by atoms with Crippen LogP contribution in [0.2, 0.25) is 0 Å². The lowest BCUT2D eigenvalue weighted by Crippen LogP contribution is -2.11. The van der Waals surface area contributed by atoms with Gasteiger partial charge >= 0.3 is 0 Å². The van der Waals surface area contributed by atoms with Gasteiger partial charge in [-0.05, 0) is 48.5 Å². The van der Waals surface area contributed by atoms with Crippen LogP contribution in [0.4, 0.5) is 17.3 Å². The van der Waals surface area contributed by atoms with Gasteiger partial charge in [0.15, 0.2) is 0 Å². The molecule has 0 aliphatic rings. The van der Waals surface area contributed by atoms with Crippen molar-refractivity contribution >= 4 is 45.2 Å². The Hall–Kier alpha value is -4.13. The smallest absolute Gasteiger partial charge is 0.255 e. The van der Waals surface area contributed by atoms with Crippen molar-refractivity contribution in [1.82, 2.24) is 20.2 Å². The molecule has 0 radical (unpaired) electrons. The fourth-order valence-electron chi connectivity index (χ4n) is 3.09. The zero-order valence-electron chi connectivity index (χ0n) is 14.7. The summed E-state index contributed by atoms with van der Waals surface area (Å²) in [6.45, 7) is 0. The van der Waals surface area contributed by atoms with Gasteiger partial charge in [-0.3, -0.25) is 9.89 Å². The van der Waals surface area contributed by atoms with Gasteiger partial charge in [-0.25, -0.2) is 4.98 Å². The van der Waals surface area contributed by atoms with Crippen LogP contribution >= 0.6 is 0 Å². The Morgan fingerprint density at radius 1 is 0.893 bits per heavy atom. The summed E-state index contributed by atoms with van der Waals surface area (Å²) in [4.78, 5) is 20.4. The summed E-state index contributed by atoms with van der Waals surface area (Å²) in [7, 11) is 0. The molecule has 28 heavy (non-hydrogen) atoms. The van der Waals surface area contributed by atoms with Crippen LogP contribution in [0.25, 0.3) is 21.9 Å². The molecule has 0 saturated heterocycles. The molecule has 2 aromatic heterocycles. The molecule has 136 valence electrons. The van der Waals surface area contributed by atoms with Crippen molar-refractivity contribution in [1.29, 1.82) is 0 Å². The number of amides is 1. The first kappa shape index (κ1) is 16.1. The highest BCUT2D eigenvalue weighted by atomic mass is 16.1. The quantitative estimate of drug-likeness (QED) is 0.377. The largest absolute Gasteiger partial charge is 0.326 e. The number of nitrogens with zero attached hydrogens (tertiary/aromatic N) is 2. The average Bonchev–Trinajstić information content (AvgIpc) is 3.33. The summed E-state index contributed by atoms with van der Waals surface area (Å²) in [6.07, 6.45) is 1.73. The molecule has 1 amide bonds. The van der Waals surface area contributed by atoms with E-state index in [1.54, 1.807) is 18.3 Å². The maximum absolute atomic E-state index is 12.6. The Morgan fingerprint density at radius 3 is 2.68 bits per heavy atom. The zero-order valence-corrected chi connectivity index (χ0v) is 14.7. The molecule has 0 fully saturated rings. The lowest BCUT2D eigenvalue weighted by atomic mass is 10.1. The van der Waals surface area contributed by atoms with E-state index in [1.165, 1.54) is 0 Å². The Bertz CT molecular complexity index is 1290. The molecule has 7 nitrogen and oxygen atoms in total. The molecule has 0 aliphatic carbocycles. The molecule has 2 heterocycles. The van der Waals surface area contributed by atoms with Gasteiger partial charge in [-0.15, -0.1) is 0 Å². The van der Waals surface area contributed by atoms with Crippen LogP contribution in [0.15, 0.2) is 72.9 Å². The highest BCUT2D eigenvalue weighted by molar-refractivity contribution is 6.06. The van der Waals surface area contributed by atoms with Gasteiger partial charge in [-0.2, -0.15) is 5.10 Å². The molecule has 0 bridgehead atoms. The van der Waals surface area contributed by atoms with Crippen LogP contribution in [0, 0.1) is 0 Å². The van der Waals surface area contributed by atoms with E-state index in [4.69, 9.17) is 0 Å². The number of carbonyl (C=O) groups excluding carboxylic acids is 1. The standard InChI is InChI=1S/C21H16N6O/c28-20(23-16-7-9-17-14(10-16)12-22-27-17)13-6-8-18-19(11-13)26-21(25-18)24-15-4-2-1-3-5-15/h1-12H,(H,22,27)(H,23,28)(H2,24,25,26). The summed E-state index contributed by atoms with van der Waals surface area (Å²) < 4.78 is 0. The monoisotopic (exact) mass is 368 g/mol. The molecule has 7 heteroatoms. The Kier molecular flexibility index (Phi) is 3.76. The first-order valence-corrected chi connectivity index (χ1v) is 8.81. The second-order valence-corrected chi connectivity index (χ2v) is 6.43. The predicted molar refractivity (Wildman–Crippen MR) is 110 cm³/mol. The normalized spacial score (nSPS) is 11.0. The van der Waals surface area contributed by atoms with Gasteiger partial charge in [0.25, 0.3) is 5.91 Å². The third-order valence-electron chi connectivity index (χ3n) is 4.48. The number of hydrogen-bond acceptors (Lipinski definition) is 4. The summed E-state index contributed by atoms with van der Waals surface area (Å²) in [6, 6.07) is 20.8. The molecule has 3 aromatic carbocycles. The highest BCUT2D eigenvalue weighted by Gasteiger charge is 2.10. The fraction of sp³-hybridized carbons (Fsp3) is 0. The van der Waals surface area contributed by atoms with E-state index in [0.29, 0.717) is 11.5 Å². The summed E-state index contributed by atoms with van der Waals surface area (Å²) in [5.41, 5.74) is 4.71. The van der Waals surface area contributed by atoms with Crippen molar-refractivity contribution < 1.29 is 4.79 Å². The number of imidazole rings is 1. The lowest BCUT2D eigenvalue weighted by molar-refractivity contribution is 0.102. The van der Waals surface area contributed by atoms with Crippen LogP contribution in [-0.4, -0.2) is 26.1 Å². The van der Waals surface area contributed by atoms with Crippen molar-refractivity contribution in [3.63, 3.8) is 0 Å². The van der Waals surface area contributed by atoms with Crippen LogP contribution in [0.5, 0.6) is 0 Å². The number of benzene rings is 3. The number of hydrogen-bond donors (Lipinski definition) is 4. The number of fused-ring (bicyclic) bond motifs is 2. The van der Waals surface area contributed by atoms with Gasteiger partial charge in [0.1, 0.15) is 0 Å². The molecule has 0 atom stereocenters. The maximum atomic E-state index is 12.6. The molecular weight excluding hydrogens is 352 g/mol. The van der Waals surface area contributed by atoms with E-state index in [-0.39, 0.29) is 5.91 Å². The van der Waals surface area contributed by atoms with Gasteiger partial charge in [0.2, 0.25) is 5.95 Å². The lowest BCUT2D eigenvalue weighted by Gasteiger charge is -2.05. The van der Waals surface area contributed by atoms with Crippen LogP contribution < -0.4 is 10.6 Å². The highest BCUT2D eigenvalue weighted by Crippen LogP contribution is 2.21. The first-order chi connectivity index (χ1) is 13.7. The van der Waals surface area contributed by atoms with Gasteiger partial charge in [-0.1, -0.05) is 18.2 Å². The average molecular weight is 368 g/mol. The first-order valence-electron chi connectivity index (χ1n) is 8.81. The third kappa shape index (κ3) is 3.05. The molecule has 5 rings (SSSR count). The van der Waals surface area contributed by atoms with Gasteiger partial charge in [0, 0.05) is 22.3 Å². The number of aromatic amines is 2. The summed E-state index contributed by atoms with van der Waals surface area (Å²) in [5.74, 6) is 0.445. The van der Waals surface area contributed by atoms with E-state index in [9.17, 15) is 4.79 Å². The van der Waals surface area contributed by atoms with E-state index in [2.05, 4.69) is 30.8 Å². The van der Waals surface area contributed by atoms with Crippen LogP contribution in [0.1, 0.15) is 10.4 Å². The number of carbonyl (C=O) groups is 1. The van der Waals surface area contributed by atoms with Gasteiger partial charge in [0.05, 0.1) is 22.7 Å². The minimum absolute atomic E-state index is 0.183. The van der Waals surface area contributed by atoms with Crippen molar-refractivity contribution in [2.45, 2.75) is 0 Å². The molecule has 5 aromatic rings. The SMILES string of the molecule is O=C(Nc1ccc2[nH]ncc2c1)c1ccc2nc(Nc3ccccc3)[nH]c2c1. The van der Waals surface area contributed by atoms with Gasteiger partial charge < -0.3 is 15.6 Å². The molecule has 0 spiro atoms. The number of aromatic nitrogens is 4. The second-order valence-electron chi connectivity index (χ2n) is 6.43. The fourth-order valence-corrected chi connectivity index (χ4v) is 3.09. The van der Waals surface area contributed by atoms with E-state index in [0.717, 1.165) is 33.3 Å². The van der Waals surface area contributed by atoms with Crippen molar-refractivity contribution in [3.8, 4) is 0 Å². The molecule has 0 unspecified atom stereocenters. The summed E-state index contributed by atoms with van der Waals surface area (Å²) >= 11 is 0. The van der Waals surface area contributed by atoms with Crippen LogP contribution in [-0.2, 0) is 0 Å². The zero-order chi connectivity index (χ0) is 18.9. The van der Waals surface area contributed by atoms with Crippen molar-refractivity contribution in [2.24, 2.45) is 0 Å². The maximum Gasteiger partial charge on any atom is 0.255 e. The summed E-state index contributed by atoms with van der Waals surface area (Å²) in [5, 5.41) is 14.0. The van der Waals surface area contributed by atoms with E-state index >= 15 is 0 Å². The Morgan fingerprint density at radius 2 is 1.79 bits per heavy atom. The number of rotatable bonds is 4. The van der Waals surface area contributed by atoms with Crippen molar-refractivity contribution in [3.05, 3.63) is 78.5 Å². The number of para-hydroxylation sites is 1. The van der Waals surface area contributed by atoms with E-state index < -0.39 is 0 Å². The molecule has 0 saturated carbocycles. The van der Waals surface area contributed by atoms with Crippen LogP contribution in [0.3, 0.4) is 0 Å². The molecule has 4 N–H and O–H groups in total. The number of nitrogens with one attached hydrogen (secondary N) is 4. The van der Waals surface area contributed by atoms with Crippen molar-refractivity contribution in [2.75, 3.05) is 10.6 Å². The second kappa shape index (κ2) is 6.55. The topological polar surface area (TPSA) is 98.5 Å². The number of anilines is 3. The minimum atomic E-state index is -0.183. The number of H-pyrrole nitrogens is 2. The predicted octanol–water partition coefficient (Wildman–Crippen LogP) is 4.44. The molecule has 0 aliphatic heterocycles. The third-order valence-corrected chi connectivity index (χ3v) is 4.48. The Balaban J connectivity index is 1.38. The minimum Gasteiger partial charge on any atom is -0.326 e. The van der Waals surface area contributed by atoms with E-state index in [1.807, 2.05) is 54.6 Å². The Labute approximate surface area is 159 Å².